The number of rotatable bonds is 7. The Morgan fingerprint density at radius 3 is 2.30 bits per heavy atom. The molecule has 156 valence electrons. The first-order valence-corrected chi connectivity index (χ1v) is 10.7. The normalized spacial score (nSPS) is 12.1. The number of halogens is 2. The summed E-state index contributed by atoms with van der Waals surface area (Å²) in [5.74, 6) is -0.834. The summed E-state index contributed by atoms with van der Waals surface area (Å²) in [4.78, 5) is 16.2. The Labute approximate surface area is 178 Å². The molecule has 30 heavy (non-hydrogen) atoms. The average molecular weight is 449 g/mol. The van der Waals surface area contributed by atoms with Crippen molar-refractivity contribution in [3.63, 3.8) is 0 Å². The zero-order valence-corrected chi connectivity index (χ0v) is 17.3. The van der Waals surface area contributed by atoms with Gasteiger partial charge < -0.3 is 10.6 Å². The van der Waals surface area contributed by atoms with E-state index >= 15 is 0 Å². The van der Waals surface area contributed by atoms with Gasteiger partial charge in [-0.05, 0) is 67.6 Å². The summed E-state index contributed by atoms with van der Waals surface area (Å²) in [7, 11) is -3.84. The van der Waals surface area contributed by atoms with E-state index in [1.54, 1.807) is 43.3 Å². The number of benzene rings is 2. The summed E-state index contributed by atoms with van der Waals surface area (Å²) in [6.45, 7) is 1.67. The Balaban J connectivity index is 1.62. The lowest BCUT2D eigenvalue weighted by atomic mass is 10.2. The third-order valence-electron chi connectivity index (χ3n) is 4.05. The number of hydrogen-bond acceptors (Lipinski definition) is 5. The molecule has 1 aromatic heterocycles. The first-order chi connectivity index (χ1) is 14.2. The molecule has 3 aromatic rings. The molecule has 0 fully saturated rings. The number of hydrogen-bond donors (Lipinski definition) is 3. The quantitative estimate of drug-likeness (QED) is 0.472. The van der Waals surface area contributed by atoms with Gasteiger partial charge in [0.05, 0.1) is 10.6 Å². The largest absolute Gasteiger partial charge is 0.374 e. The van der Waals surface area contributed by atoms with Crippen molar-refractivity contribution in [2.24, 2.45) is 0 Å². The second kappa shape index (κ2) is 9.10. The summed E-state index contributed by atoms with van der Waals surface area (Å²) in [5.41, 5.74) is 1.34. The fourth-order valence-electron chi connectivity index (χ4n) is 2.50. The van der Waals surface area contributed by atoms with Gasteiger partial charge in [0.25, 0.3) is 10.0 Å². The maximum atomic E-state index is 13.0. The fraction of sp³-hybridized carbons (Fsp3) is 0.100. The van der Waals surface area contributed by atoms with Gasteiger partial charge >= 0.3 is 0 Å². The summed E-state index contributed by atoms with van der Waals surface area (Å²) >= 11 is 5.93. The summed E-state index contributed by atoms with van der Waals surface area (Å²) in [5, 5.41) is 5.89. The van der Waals surface area contributed by atoms with Crippen LogP contribution in [-0.2, 0) is 14.8 Å². The molecule has 0 unspecified atom stereocenters. The molecule has 1 atom stereocenters. The Kier molecular flexibility index (Phi) is 6.53. The van der Waals surface area contributed by atoms with Crippen LogP contribution in [0.15, 0.2) is 71.8 Å². The van der Waals surface area contributed by atoms with Crippen LogP contribution in [0.4, 0.5) is 21.5 Å². The average Bonchev–Trinajstić information content (AvgIpc) is 2.71. The van der Waals surface area contributed by atoms with Gasteiger partial charge in [0, 0.05) is 17.6 Å². The van der Waals surface area contributed by atoms with E-state index in [0.29, 0.717) is 17.1 Å². The number of carbonyl (C=O) groups excluding carboxylic acids is 1. The Morgan fingerprint density at radius 2 is 1.67 bits per heavy atom. The minimum atomic E-state index is -3.84. The van der Waals surface area contributed by atoms with Crippen molar-refractivity contribution in [2.75, 3.05) is 15.4 Å². The summed E-state index contributed by atoms with van der Waals surface area (Å²) < 4.78 is 40.1. The molecule has 0 spiro atoms. The molecule has 1 amide bonds. The highest BCUT2D eigenvalue weighted by molar-refractivity contribution is 7.92. The van der Waals surface area contributed by atoms with E-state index in [1.165, 1.54) is 18.3 Å². The van der Waals surface area contributed by atoms with Gasteiger partial charge in [0.1, 0.15) is 11.9 Å². The van der Waals surface area contributed by atoms with Crippen molar-refractivity contribution >= 4 is 44.6 Å². The standard InChI is InChI=1S/C20H18ClFN4O3S/c1-13(20(27)25-18-3-2-12-23-19(18)21)24-15-6-8-16(9-7-15)26-30(28,29)17-10-4-14(22)5-11-17/h2-13,24,26H,1H3,(H,25,27)/t13-/m0/s1. The van der Waals surface area contributed by atoms with E-state index in [1.807, 2.05) is 0 Å². The number of nitrogens with zero attached hydrogens (tertiary/aromatic N) is 1. The van der Waals surface area contributed by atoms with Gasteiger partial charge in [-0.3, -0.25) is 9.52 Å². The van der Waals surface area contributed by atoms with Gasteiger partial charge in [-0.25, -0.2) is 17.8 Å². The maximum absolute atomic E-state index is 13.0. The summed E-state index contributed by atoms with van der Waals surface area (Å²) in [6.07, 6.45) is 1.52. The first kappa shape index (κ1) is 21.5. The van der Waals surface area contributed by atoms with Crippen LogP contribution in [0.25, 0.3) is 0 Å². The lowest BCUT2D eigenvalue weighted by Gasteiger charge is -2.16. The van der Waals surface area contributed by atoms with Crippen LogP contribution >= 0.6 is 11.6 Å². The van der Waals surface area contributed by atoms with Crippen molar-refractivity contribution in [1.29, 1.82) is 0 Å². The monoisotopic (exact) mass is 448 g/mol. The van der Waals surface area contributed by atoms with E-state index in [2.05, 4.69) is 20.3 Å². The van der Waals surface area contributed by atoms with E-state index in [-0.39, 0.29) is 16.0 Å². The molecular weight excluding hydrogens is 431 g/mol. The highest BCUT2D eigenvalue weighted by Crippen LogP contribution is 2.20. The third kappa shape index (κ3) is 5.46. The SMILES string of the molecule is C[C@H](Nc1ccc(NS(=O)(=O)c2ccc(F)cc2)cc1)C(=O)Nc1cccnc1Cl. The lowest BCUT2D eigenvalue weighted by Crippen LogP contribution is -2.32. The van der Waals surface area contributed by atoms with Gasteiger partial charge in [0.2, 0.25) is 5.91 Å². The molecular formula is C20H18ClFN4O3S. The predicted octanol–water partition coefficient (Wildman–Crippen LogP) is 4.11. The zero-order valence-electron chi connectivity index (χ0n) is 15.8. The molecule has 2 aromatic carbocycles. The van der Waals surface area contributed by atoms with Crippen LogP contribution in [0, 0.1) is 5.82 Å². The molecule has 1 heterocycles. The number of nitrogens with one attached hydrogen (secondary N) is 3. The van der Waals surface area contributed by atoms with E-state index < -0.39 is 21.9 Å². The number of pyridine rings is 1. The number of aromatic nitrogens is 1. The Hall–Kier alpha value is -3.17. The van der Waals surface area contributed by atoms with Gasteiger partial charge in [-0.15, -0.1) is 0 Å². The molecule has 0 saturated heterocycles. The second-order valence-corrected chi connectivity index (χ2v) is 8.37. The number of sulfonamides is 1. The Morgan fingerprint density at radius 1 is 1.03 bits per heavy atom. The molecule has 3 rings (SSSR count). The molecule has 0 aliphatic rings. The molecule has 0 aliphatic carbocycles. The molecule has 10 heteroatoms. The smallest absolute Gasteiger partial charge is 0.261 e. The minimum absolute atomic E-state index is 0.0505. The topological polar surface area (TPSA) is 100 Å². The molecule has 0 radical (unpaired) electrons. The number of carbonyl (C=O) groups is 1. The van der Waals surface area contributed by atoms with Crippen LogP contribution in [0.3, 0.4) is 0 Å². The molecule has 0 aliphatic heterocycles. The van der Waals surface area contributed by atoms with Crippen LogP contribution in [-0.4, -0.2) is 25.4 Å². The third-order valence-corrected chi connectivity index (χ3v) is 5.75. The van der Waals surface area contributed by atoms with E-state index in [9.17, 15) is 17.6 Å². The van der Waals surface area contributed by atoms with E-state index in [0.717, 1.165) is 12.1 Å². The number of anilines is 3. The van der Waals surface area contributed by atoms with Crippen LogP contribution in [0.5, 0.6) is 0 Å². The molecule has 3 N–H and O–H groups in total. The highest BCUT2D eigenvalue weighted by Gasteiger charge is 2.16. The van der Waals surface area contributed by atoms with E-state index in [4.69, 9.17) is 11.6 Å². The van der Waals surface area contributed by atoms with Crippen LogP contribution < -0.4 is 15.4 Å². The summed E-state index contributed by atoms with van der Waals surface area (Å²) in [6, 6.07) is 13.6. The molecule has 0 saturated carbocycles. The van der Waals surface area contributed by atoms with Gasteiger partial charge in [0.15, 0.2) is 5.15 Å². The van der Waals surface area contributed by atoms with Crippen molar-refractivity contribution in [3.05, 3.63) is 77.8 Å². The number of amides is 1. The van der Waals surface area contributed by atoms with Crippen LogP contribution in [0.2, 0.25) is 5.15 Å². The van der Waals surface area contributed by atoms with Crippen molar-refractivity contribution in [1.82, 2.24) is 4.98 Å². The van der Waals surface area contributed by atoms with Crippen molar-refractivity contribution in [3.8, 4) is 0 Å². The minimum Gasteiger partial charge on any atom is -0.374 e. The maximum Gasteiger partial charge on any atom is 0.261 e. The zero-order chi connectivity index (χ0) is 21.7. The predicted molar refractivity (Wildman–Crippen MR) is 115 cm³/mol. The molecule has 7 nitrogen and oxygen atoms in total. The first-order valence-electron chi connectivity index (χ1n) is 8.81. The second-order valence-electron chi connectivity index (χ2n) is 6.33. The van der Waals surface area contributed by atoms with Crippen molar-refractivity contribution in [2.45, 2.75) is 17.9 Å². The van der Waals surface area contributed by atoms with Crippen molar-refractivity contribution < 1.29 is 17.6 Å². The molecule has 0 bridgehead atoms. The fourth-order valence-corrected chi connectivity index (χ4v) is 3.72. The van der Waals surface area contributed by atoms with Crippen LogP contribution in [0.1, 0.15) is 6.92 Å². The van der Waals surface area contributed by atoms with Gasteiger partial charge in [-0.1, -0.05) is 11.6 Å². The Bertz CT molecular complexity index is 1140. The lowest BCUT2D eigenvalue weighted by molar-refractivity contribution is -0.116. The highest BCUT2D eigenvalue weighted by atomic mass is 35.5. The van der Waals surface area contributed by atoms with Gasteiger partial charge in [-0.2, -0.15) is 0 Å².